The van der Waals surface area contributed by atoms with E-state index in [9.17, 15) is 9.59 Å². The molecule has 2 aromatic carbocycles. The van der Waals surface area contributed by atoms with Crippen molar-refractivity contribution < 1.29 is 19.1 Å². The number of rotatable bonds is 10. The van der Waals surface area contributed by atoms with E-state index in [1.807, 2.05) is 13.0 Å². The molecule has 0 spiro atoms. The summed E-state index contributed by atoms with van der Waals surface area (Å²) in [5, 5.41) is 15.0. The van der Waals surface area contributed by atoms with Crippen molar-refractivity contribution in [2.75, 3.05) is 25.3 Å². The smallest absolute Gasteiger partial charge is 0.244 e. The first-order valence-electron chi connectivity index (χ1n) is 10.6. The molecule has 2 amide bonds. The van der Waals surface area contributed by atoms with E-state index in [1.54, 1.807) is 62.2 Å². The van der Waals surface area contributed by atoms with Gasteiger partial charge in [0.05, 0.1) is 26.5 Å². The molecule has 1 heterocycles. The Morgan fingerprint density at radius 1 is 1.14 bits per heavy atom. The highest BCUT2D eigenvalue weighted by Crippen LogP contribution is 2.28. The van der Waals surface area contributed by atoms with Crippen LogP contribution in [0.15, 0.2) is 47.6 Å². The van der Waals surface area contributed by atoms with Gasteiger partial charge in [-0.1, -0.05) is 35.5 Å². The van der Waals surface area contributed by atoms with Gasteiger partial charge in [0, 0.05) is 23.8 Å². The zero-order chi connectivity index (χ0) is 25.4. The third kappa shape index (κ3) is 7.00. The van der Waals surface area contributed by atoms with Crippen molar-refractivity contribution in [2.24, 2.45) is 7.05 Å². The third-order valence-electron chi connectivity index (χ3n) is 5.05. The first-order chi connectivity index (χ1) is 16.8. The second kappa shape index (κ2) is 12.3. The summed E-state index contributed by atoms with van der Waals surface area (Å²) in [6.45, 7) is 2.03. The molecule has 0 aliphatic heterocycles. The summed E-state index contributed by atoms with van der Waals surface area (Å²) in [6.07, 6.45) is 3.10. The number of anilines is 1. The lowest BCUT2D eigenvalue weighted by Crippen LogP contribution is -2.22. The van der Waals surface area contributed by atoms with Crippen molar-refractivity contribution in [3.8, 4) is 11.5 Å². The molecule has 0 saturated carbocycles. The number of aromatic nitrogens is 3. The van der Waals surface area contributed by atoms with E-state index < -0.39 is 0 Å². The third-order valence-corrected chi connectivity index (χ3v) is 6.48. The Kier molecular flexibility index (Phi) is 9.16. The fraction of sp³-hybridized carbons (Fsp3) is 0.250. The molecule has 35 heavy (non-hydrogen) atoms. The molecule has 0 radical (unpaired) electrons. The normalized spacial score (nSPS) is 10.9. The monoisotopic (exact) mass is 515 g/mol. The Balaban J connectivity index is 1.51. The SMILES string of the molecule is COc1ccc(/C=C/C(=O)NCc2nnc(SCC(=O)Nc3cccc(Cl)c3C)n2C)cc1OC. The number of carbonyl (C=O) groups excluding carboxylic acids is 2. The highest BCUT2D eigenvalue weighted by molar-refractivity contribution is 7.99. The number of carbonyl (C=O) groups is 2. The first kappa shape index (κ1) is 26.1. The van der Waals surface area contributed by atoms with E-state index in [0.29, 0.717) is 33.2 Å². The van der Waals surface area contributed by atoms with Gasteiger partial charge in [0.2, 0.25) is 11.8 Å². The van der Waals surface area contributed by atoms with Gasteiger partial charge in [-0.15, -0.1) is 10.2 Å². The molecule has 3 rings (SSSR count). The Bertz CT molecular complexity index is 1240. The molecule has 0 unspecified atom stereocenters. The Morgan fingerprint density at radius 2 is 1.91 bits per heavy atom. The molecule has 1 aromatic heterocycles. The molecule has 0 saturated heterocycles. The predicted molar refractivity (Wildman–Crippen MR) is 137 cm³/mol. The topological polar surface area (TPSA) is 107 Å². The van der Waals surface area contributed by atoms with Crippen LogP contribution in [0.4, 0.5) is 5.69 Å². The van der Waals surface area contributed by atoms with Gasteiger partial charge in [0.1, 0.15) is 0 Å². The predicted octanol–water partition coefficient (Wildman–Crippen LogP) is 3.85. The number of thioether (sulfide) groups is 1. The number of halogens is 1. The van der Waals surface area contributed by atoms with Crippen LogP contribution in [0.5, 0.6) is 11.5 Å². The fourth-order valence-corrected chi connectivity index (χ4v) is 3.94. The minimum Gasteiger partial charge on any atom is -0.493 e. The van der Waals surface area contributed by atoms with E-state index in [1.165, 1.54) is 17.8 Å². The van der Waals surface area contributed by atoms with Crippen molar-refractivity contribution in [1.82, 2.24) is 20.1 Å². The van der Waals surface area contributed by atoms with Gasteiger partial charge in [-0.3, -0.25) is 9.59 Å². The number of nitrogens with zero attached hydrogens (tertiary/aromatic N) is 3. The van der Waals surface area contributed by atoms with Crippen LogP contribution in [0.25, 0.3) is 6.08 Å². The van der Waals surface area contributed by atoms with Crippen molar-refractivity contribution in [3.05, 3.63) is 64.4 Å². The van der Waals surface area contributed by atoms with Crippen molar-refractivity contribution in [2.45, 2.75) is 18.6 Å². The van der Waals surface area contributed by atoms with Crippen LogP contribution >= 0.6 is 23.4 Å². The van der Waals surface area contributed by atoms with Crippen LogP contribution in [-0.4, -0.2) is 46.6 Å². The molecular formula is C24H26ClN5O4S. The van der Waals surface area contributed by atoms with E-state index in [-0.39, 0.29) is 24.1 Å². The lowest BCUT2D eigenvalue weighted by molar-refractivity contribution is -0.116. The Hall–Kier alpha value is -3.50. The highest BCUT2D eigenvalue weighted by atomic mass is 35.5. The van der Waals surface area contributed by atoms with E-state index in [2.05, 4.69) is 20.8 Å². The number of hydrogen-bond acceptors (Lipinski definition) is 7. The molecule has 2 N–H and O–H groups in total. The van der Waals surface area contributed by atoms with E-state index in [0.717, 1.165) is 11.1 Å². The lowest BCUT2D eigenvalue weighted by Gasteiger charge is -2.09. The zero-order valence-electron chi connectivity index (χ0n) is 19.8. The summed E-state index contributed by atoms with van der Waals surface area (Å²) in [7, 11) is 4.90. The van der Waals surface area contributed by atoms with Crippen LogP contribution in [0, 0.1) is 6.92 Å². The van der Waals surface area contributed by atoms with Gasteiger partial charge < -0.3 is 24.7 Å². The molecule has 0 aliphatic carbocycles. The number of nitrogens with one attached hydrogen (secondary N) is 2. The maximum absolute atomic E-state index is 12.3. The van der Waals surface area contributed by atoms with Gasteiger partial charge in [0.15, 0.2) is 22.5 Å². The van der Waals surface area contributed by atoms with Gasteiger partial charge >= 0.3 is 0 Å². The average Bonchev–Trinajstić information content (AvgIpc) is 3.21. The van der Waals surface area contributed by atoms with Crippen molar-refractivity contribution in [3.63, 3.8) is 0 Å². The zero-order valence-corrected chi connectivity index (χ0v) is 21.4. The molecular weight excluding hydrogens is 490 g/mol. The molecule has 0 aliphatic rings. The summed E-state index contributed by atoms with van der Waals surface area (Å²) in [4.78, 5) is 24.6. The van der Waals surface area contributed by atoms with Crippen molar-refractivity contribution in [1.29, 1.82) is 0 Å². The summed E-state index contributed by atoms with van der Waals surface area (Å²) < 4.78 is 12.2. The average molecular weight is 516 g/mol. The van der Waals surface area contributed by atoms with Crippen LogP contribution in [0.1, 0.15) is 17.0 Å². The molecule has 11 heteroatoms. The van der Waals surface area contributed by atoms with Gasteiger partial charge in [-0.05, 0) is 48.4 Å². The van der Waals surface area contributed by atoms with E-state index >= 15 is 0 Å². The summed E-state index contributed by atoms with van der Waals surface area (Å²) in [5.74, 6) is 1.44. The molecule has 3 aromatic rings. The molecule has 0 bridgehead atoms. The number of ether oxygens (including phenoxy) is 2. The molecule has 0 atom stereocenters. The van der Waals surface area contributed by atoms with Gasteiger partial charge in [-0.2, -0.15) is 0 Å². The van der Waals surface area contributed by atoms with Crippen LogP contribution in [0.3, 0.4) is 0 Å². The second-order valence-corrected chi connectivity index (χ2v) is 8.72. The van der Waals surface area contributed by atoms with Crippen LogP contribution in [0.2, 0.25) is 5.02 Å². The molecule has 184 valence electrons. The van der Waals surface area contributed by atoms with Crippen LogP contribution < -0.4 is 20.1 Å². The fourth-order valence-electron chi connectivity index (χ4n) is 3.04. The minimum absolute atomic E-state index is 0.151. The van der Waals surface area contributed by atoms with Crippen molar-refractivity contribution >= 4 is 46.9 Å². The minimum atomic E-state index is -0.284. The van der Waals surface area contributed by atoms with Crippen LogP contribution in [-0.2, 0) is 23.2 Å². The summed E-state index contributed by atoms with van der Waals surface area (Å²) >= 11 is 7.35. The quantitative estimate of drug-likeness (QED) is 0.312. The first-order valence-corrected chi connectivity index (χ1v) is 11.9. The van der Waals surface area contributed by atoms with Gasteiger partial charge in [-0.25, -0.2) is 0 Å². The van der Waals surface area contributed by atoms with Gasteiger partial charge in [0.25, 0.3) is 0 Å². The molecule has 0 fully saturated rings. The number of hydrogen-bond donors (Lipinski definition) is 2. The summed E-state index contributed by atoms with van der Waals surface area (Å²) in [5.41, 5.74) is 2.27. The maximum Gasteiger partial charge on any atom is 0.244 e. The Labute approximate surface area is 212 Å². The number of amides is 2. The lowest BCUT2D eigenvalue weighted by atomic mass is 10.2. The summed E-state index contributed by atoms with van der Waals surface area (Å²) in [6, 6.07) is 10.7. The number of benzene rings is 2. The second-order valence-electron chi connectivity index (χ2n) is 7.37. The molecule has 9 nitrogen and oxygen atoms in total. The highest BCUT2D eigenvalue weighted by Gasteiger charge is 2.13. The van der Waals surface area contributed by atoms with E-state index in [4.69, 9.17) is 21.1 Å². The number of methoxy groups -OCH3 is 2. The Morgan fingerprint density at radius 3 is 2.66 bits per heavy atom. The largest absolute Gasteiger partial charge is 0.493 e. The standard InChI is InChI=1S/C24H26ClN5O4S/c1-15-17(25)6-5-7-18(15)27-23(32)14-35-24-29-28-21(30(24)2)13-26-22(31)11-9-16-8-10-19(33-3)20(12-16)34-4/h5-12H,13-14H2,1-4H3,(H,26,31)(H,27,32)/b11-9+. The maximum atomic E-state index is 12.3.